The molecule has 2 N–H and O–H groups in total. The molecule has 4 aromatic rings. The lowest BCUT2D eigenvalue weighted by molar-refractivity contribution is -0.136. The number of carboxylic acids is 1. The number of aromatic nitrogens is 5. The standard InChI is InChI=1S/C20H20N6O2/c1-13(2)24-16-4-3-15-10-23-26(17(15)8-16)19-9-18(21-12-22-19)25-6-5-14(11-25)7-20(27)28/h3-6,8-13,24H,7H2,1-2H3,(H,27,28). The number of anilines is 1. The summed E-state index contributed by atoms with van der Waals surface area (Å²) in [5, 5.41) is 17.8. The Bertz CT molecular complexity index is 1140. The van der Waals surface area contributed by atoms with Crippen molar-refractivity contribution in [1.29, 1.82) is 0 Å². The zero-order valence-electron chi connectivity index (χ0n) is 15.6. The minimum absolute atomic E-state index is 0.0274. The zero-order valence-corrected chi connectivity index (χ0v) is 15.6. The molecule has 0 bridgehead atoms. The van der Waals surface area contributed by atoms with E-state index < -0.39 is 5.97 Å². The number of fused-ring (bicyclic) bond motifs is 1. The van der Waals surface area contributed by atoms with Crippen LogP contribution in [-0.4, -0.2) is 41.4 Å². The second-order valence-corrected chi connectivity index (χ2v) is 6.86. The second-order valence-electron chi connectivity index (χ2n) is 6.86. The van der Waals surface area contributed by atoms with Crippen LogP contribution in [0.1, 0.15) is 19.4 Å². The molecule has 0 fully saturated rings. The average molecular weight is 376 g/mol. The molecule has 0 amide bonds. The van der Waals surface area contributed by atoms with Gasteiger partial charge in [-0.15, -0.1) is 0 Å². The number of nitrogens with zero attached hydrogens (tertiary/aromatic N) is 5. The van der Waals surface area contributed by atoms with E-state index in [1.165, 1.54) is 6.33 Å². The molecule has 0 spiro atoms. The third kappa shape index (κ3) is 3.57. The van der Waals surface area contributed by atoms with Gasteiger partial charge in [0.05, 0.1) is 18.1 Å². The fourth-order valence-corrected chi connectivity index (χ4v) is 3.08. The van der Waals surface area contributed by atoms with Gasteiger partial charge in [0.1, 0.15) is 12.1 Å². The summed E-state index contributed by atoms with van der Waals surface area (Å²) in [6.45, 7) is 4.18. The smallest absolute Gasteiger partial charge is 0.307 e. The van der Waals surface area contributed by atoms with Crippen LogP contribution in [0.25, 0.3) is 22.5 Å². The van der Waals surface area contributed by atoms with Gasteiger partial charge in [0, 0.05) is 35.6 Å². The monoisotopic (exact) mass is 376 g/mol. The van der Waals surface area contributed by atoms with Gasteiger partial charge < -0.3 is 15.0 Å². The molecule has 0 radical (unpaired) electrons. The molecule has 0 saturated carbocycles. The molecule has 1 aromatic carbocycles. The van der Waals surface area contributed by atoms with E-state index >= 15 is 0 Å². The number of aliphatic carboxylic acids is 1. The first-order valence-corrected chi connectivity index (χ1v) is 8.95. The Kier molecular flexibility index (Phi) is 4.52. The van der Waals surface area contributed by atoms with Crippen LogP contribution < -0.4 is 5.32 Å². The van der Waals surface area contributed by atoms with Gasteiger partial charge in [-0.05, 0) is 43.7 Å². The summed E-state index contributed by atoms with van der Waals surface area (Å²) in [5.41, 5.74) is 2.67. The molecule has 4 rings (SSSR count). The maximum absolute atomic E-state index is 10.9. The molecule has 0 atom stereocenters. The second kappa shape index (κ2) is 7.15. The average Bonchev–Trinajstić information content (AvgIpc) is 3.27. The summed E-state index contributed by atoms with van der Waals surface area (Å²) in [5.74, 6) is 0.409. The molecule has 0 aliphatic heterocycles. The van der Waals surface area contributed by atoms with Crippen molar-refractivity contribution in [2.24, 2.45) is 0 Å². The highest BCUT2D eigenvalue weighted by Crippen LogP contribution is 2.22. The number of rotatable bonds is 6. The summed E-state index contributed by atoms with van der Waals surface area (Å²) < 4.78 is 3.55. The van der Waals surface area contributed by atoms with Crippen LogP contribution in [0, 0.1) is 0 Å². The molecule has 0 aliphatic rings. The molecular formula is C20H20N6O2. The van der Waals surface area contributed by atoms with Crippen molar-refractivity contribution in [2.45, 2.75) is 26.3 Å². The van der Waals surface area contributed by atoms with Crippen molar-refractivity contribution in [3.8, 4) is 11.6 Å². The van der Waals surface area contributed by atoms with Crippen molar-refractivity contribution < 1.29 is 9.90 Å². The van der Waals surface area contributed by atoms with E-state index in [4.69, 9.17) is 5.11 Å². The van der Waals surface area contributed by atoms with Gasteiger partial charge >= 0.3 is 5.97 Å². The molecule has 3 heterocycles. The third-order valence-corrected chi connectivity index (χ3v) is 4.26. The molecule has 3 aromatic heterocycles. The first-order chi connectivity index (χ1) is 13.5. The van der Waals surface area contributed by atoms with Crippen LogP contribution in [0.5, 0.6) is 0 Å². The predicted molar refractivity (Wildman–Crippen MR) is 106 cm³/mol. The topological polar surface area (TPSA) is 97.9 Å². The molecule has 28 heavy (non-hydrogen) atoms. The summed E-state index contributed by atoms with van der Waals surface area (Å²) >= 11 is 0. The van der Waals surface area contributed by atoms with Crippen molar-refractivity contribution in [2.75, 3.05) is 5.32 Å². The third-order valence-electron chi connectivity index (χ3n) is 4.26. The summed E-state index contributed by atoms with van der Waals surface area (Å²) in [4.78, 5) is 19.6. The number of nitrogens with one attached hydrogen (secondary N) is 1. The van der Waals surface area contributed by atoms with Crippen molar-refractivity contribution in [3.05, 3.63) is 60.8 Å². The molecule has 0 aliphatic carbocycles. The number of hydrogen-bond acceptors (Lipinski definition) is 5. The molecule has 0 saturated heterocycles. The highest BCUT2D eigenvalue weighted by Gasteiger charge is 2.10. The summed E-state index contributed by atoms with van der Waals surface area (Å²) in [6, 6.07) is 10.0. The van der Waals surface area contributed by atoms with Crippen LogP contribution in [0.3, 0.4) is 0 Å². The maximum Gasteiger partial charge on any atom is 0.307 e. The minimum atomic E-state index is -0.866. The van der Waals surface area contributed by atoms with Crippen molar-refractivity contribution in [3.63, 3.8) is 0 Å². The molecule has 142 valence electrons. The Balaban J connectivity index is 1.71. The Morgan fingerprint density at radius 1 is 1.18 bits per heavy atom. The number of benzene rings is 1. The van der Waals surface area contributed by atoms with E-state index in [9.17, 15) is 4.79 Å². The highest BCUT2D eigenvalue weighted by atomic mass is 16.4. The Morgan fingerprint density at radius 2 is 2.00 bits per heavy atom. The number of hydrogen-bond donors (Lipinski definition) is 2. The van der Waals surface area contributed by atoms with Crippen LogP contribution in [-0.2, 0) is 11.2 Å². The summed E-state index contributed by atoms with van der Waals surface area (Å²) in [7, 11) is 0. The predicted octanol–water partition coefficient (Wildman–Crippen LogP) is 3.05. The van der Waals surface area contributed by atoms with Gasteiger partial charge in [0.2, 0.25) is 0 Å². The highest BCUT2D eigenvalue weighted by molar-refractivity contribution is 5.83. The Labute approximate surface area is 161 Å². The molecule has 8 heteroatoms. The molecule has 0 unspecified atom stereocenters. The van der Waals surface area contributed by atoms with E-state index in [0.29, 0.717) is 23.2 Å². The van der Waals surface area contributed by atoms with Gasteiger partial charge in [-0.2, -0.15) is 5.10 Å². The molecule has 8 nitrogen and oxygen atoms in total. The lowest BCUT2D eigenvalue weighted by atomic mass is 10.2. The van der Waals surface area contributed by atoms with Gasteiger partial charge in [0.25, 0.3) is 0 Å². The van der Waals surface area contributed by atoms with Gasteiger partial charge in [-0.1, -0.05) is 0 Å². The lowest BCUT2D eigenvalue weighted by Gasteiger charge is -2.10. The van der Waals surface area contributed by atoms with E-state index in [-0.39, 0.29) is 6.42 Å². The first-order valence-electron chi connectivity index (χ1n) is 8.95. The number of carboxylic acid groups (broad SMARTS) is 1. The lowest BCUT2D eigenvalue weighted by Crippen LogP contribution is -2.09. The van der Waals surface area contributed by atoms with Crippen LogP contribution in [0.4, 0.5) is 5.69 Å². The largest absolute Gasteiger partial charge is 0.481 e. The Hall–Kier alpha value is -3.68. The number of carbonyl (C=O) groups is 1. The van der Waals surface area contributed by atoms with Crippen molar-refractivity contribution in [1.82, 2.24) is 24.3 Å². The van der Waals surface area contributed by atoms with Gasteiger partial charge in [-0.3, -0.25) is 4.79 Å². The van der Waals surface area contributed by atoms with Gasteiger partial charge in [0.15, 0.2) is 5.82 Å². The maximum atomic E-state index is 10.9. The minimum Gasteiger partial charge on any atom is -0.481 e. The zero-order chi connectivity index (χ0) is 19.7. The molecular weight excluding hydrogens is 356 g/mol. The quantitative estimate of drug-likeness (QED) is 0.537. The first kappa shape index (κ1) is 17.7. The van der Waals surface area contributed by atoms with E-state index in [1.807, 2.05) is 24.3 Å². The van der Waals surface area contributed by atoms with Crippen LogP contribution in [0.15, 0.2) is 55.2 Å². The van der Waals surface area contributed by atoms with E-state index in [2.05, 4.69) is 34.2 Å². The van der Waals surface area contributed by atoms with Crippen LogP contribution in [0.2, 0.25) is 0 Å². The van der Waals surface area contributed by atoms with Crippen molar-refractivity contribution >= 4 is 22.6 Å². The fourth-order valence-electron chi connectivity index (χ4n) is 3.08. The van der Waals surface area contributed by atoms with E-state index in [0.717, 1.165) is 16.6 Å². The normalized spacial score (nSPS) is 11.2. The van der Waals surface area contributed by atoms with E-state index in [1.54, 1.807) is 33.9 Å². The Morgan fingerprint density at radius 3 is 2.79 bits per heavy atom. The SMILES string of the molecule is CC(C)Nc1ccc2cnn(-c3cc(-n4ccc(CC(=O)O)c4)ncn3)c2c1. The van der Waals surface area contributed by atoms with Crippen LogP contribution >= 0.6 is 0 Å². The summed E-state index contributed by atoms with van der Waals surface area (Å²) in [6.07, 6.45) is 6.80. The fraction of sp³-hybridized carbons (Fsp3) is 0.200. The van der Waals surface area contributed by atoms with Gasteiger partial charge in [-0.25, -0.2) is 14.6 Å².